The van der Waals surface area contributed by atoms with Crippen LogP contribution in [0.5, 0.6) is 5.75 Å². The molecule has 2 amide bonds. The van der Waals surface area contributed by atoms with Crippen LogP contribution in [-0.4, -0.2) is 22.8 Å². The first-order chi connectivity index (χ1) is 13.4. The molecule has 0 saturated carbocycles. The summed E-state index contributed by atoms with van der Waals surface area (Å²) in [6.45, 7) is 0.571. The highest BCUT2D eigenvalue weighted by atomic mass is 35.5. The summed E-state index contributed by atoms with van der Waals surface area (Å²) < 4.78 is 7.40. The second-order valence-corrected chi connectivity index (χ2v) is 8.03. The number of hydrogen-bond donors (Lipinski definition) is 1. The third-order valence-electron chi connectivity index (χ3n) is 4.38. The van der Waals surface area contributed by atoms with Gasteiger partial charge in [-0.2, -0.15) is 0 Å². The number of carbonyl (C=O) groups excluding carboxylic acids is 2. The third-order valence-corrected chi connectivity index (χ3v) is 5.93. The van der Waals surface area contributed by atoms with E-state index in [0.717, 1.165) is 33.8 Å². The second kappa shape index (κ2) is 7.54. The summed E-state index contributed by atoms with van der Waals surface area (Å²) in [6.07, 6.45) is 3.66. The van der Waals surface area contributed by atoms with Crippen LogP contribution in [0.25, 0.3) is 17.0 Å². The first kappa shape index (κ1) is 18.9. The molecule has 0 spiro atoms. The van der Waals surface area contributed by atoms with Crippen molar-refractivity contribution in [2.45, 2.75) is 6.54 Å². The van der Waals surface area contributed by atoms with Crippen molar-refractivity contribution in [2.75, 3.05) is 7.11 Å². The van der Waals surface area contributed by atoms with Crippen molar-refractivity contribution >= 4 is 63.1 Å². The molecule has 1 saturated heterocycles. The van der Waals surface area contributed by atoms with E-state index in [4.69, 9.17) is 27.9 Å². The number of nitrogens with zero attached hydrogens (tertiary/aromatic N) is 1. The van der Waals surface area contributed by atoms with Crippen LogP contribution < -0.4 is 10.1 Å². The lowest BCUT2D eigenvalue weighted by Gasteiger charge is -2.07. The molecule has 1 N–H and O–H groups in total. The number of ether oxygens (including phenoxy) is 1. The fourth-order valence-electron chi connectivity index (χ4n) is 3.07. The Hall–Kier alpha value is -2.41. The summed E-state index contributed by atoms with van der Waals surface area (Å²) in [4.78, 5) is 23.8. The Kier molecular flexibility index (Phi) is 5.10. The van der Waals surface area contributed by atoms with E-state index >= 15 is 0 Å². The Bertz CT molecular complexity index is 1150. The number of hydrogen-bond acceptors (Lipinski definition) is 4. The molecule has 2 heterocycles. The van der Waals surface area contributed by atoms with Gasteiger partial charge in [-0.3, -0.25) is 14.9 Å². The van der Waals surface area contributed by atoms with E-state index < -0.39 is 0 Å². The highest BCUT2D eigenvalue weighted by molar-refractivity contribution is 8.18. The minimum atomic E-state index is -0.386. The predicted octanol–water partition coefficient (Wildman–Crippen LogP) is 5.33. The molecule has 3 aromatic rings. The third kappa shape index (κ3) is 3.63. The lowest BCUT2D eigenvalue weighted by Crippen LogP contribution is -2.17. The zero-order valence-corrected chi connectivity index (χ0v) is 17.0. The van der Waals surface area contributed by atoms with Gasteiger partial charge < -0.3 is 9.30 Å². The number of imide groups is 1. The van der Waals surface area contributed by atoms with Crippen LogP contribution >= 0.6 is 35.0 Å². The lowest BCUT2D eigenvalue weighted by molar-refractivity contribution is -0.115. The standard InChI is InChI=1S/C20H14Cl2N2O3S/c1-27-13-3-5-17-14(8-13)12(7-18-19(25)23-20(26)28-18)10-24(17)9-11-2-4-15(21)16(22)6-11/h2-8,10H,9H2,1H3,(H,23,25,26). The van der Waals surface area contributed by atoms with Gasteiger partial charge in [-0.1, -0.05) is 29.3 Å². The highest BCUT2D eigenvalue weighted by Gasteiger charge is 2.25. The molecular weight excluding hydrogens is 419 g/mol. The number of amides is 2. The van der Waals surface area contributed by atoms with Gasteiger partial charge in [0.25, 0.3) is 11.1 Å². The Labute approximate surface area is 175 Å². The topological polar surface area (TPSA) is 60.3 Å². The predicted molar refractivity (Wildman–Crippen MR) is 113 cm³/mol. The van der Waals surface area contributed by atoms with Crippen LogP contribution in [0, 0.1) is 0 Å². The summed E-state index contributed by atoms with van der Waals surface area (Å²) in [7, 11) is 1.60. The van der Waals surface area contributed by atoms with Gasteiger partial charge in [0.05, 0.1) is 22.1 Å². The van der Waals surface area contributed by atoms with Crippen LogP contribution in [0.15, 0.2) is 47.5 Å². The molecule has 0 aliphatic carbocycles. The molecule has 4 rings (SSSR count). The number of halogens is 2. The van der Waals surface area contributed by atoms with Crippen molar-refractivity contribution in [3.8, 4) is 5.75 Å². The number of nitrogens with one attached hydrogen (secondary N) is 1. The number of thioether (sulfide) groups is 1. The van der Waals surface area contributed by atoms with E-state index in [0.29, 0.717) is 27.2 Å². The van der Waals surface area contributed by atoms with Crippen molar-refractivity contribution in [3.05, 3.63) is 68.7 Å². The molecule has 0 bridgehead atoms. The van der Waals surface area contributed by atoms with Crippen LogP contribution in [0.1, 0.15) is 11.1 Å². The monoisotopic (exact) mass is 432 g/mol. The molecule has 5 nitrogen and oxygen atoms in total. The summed E-state index contributed by atoms with van der Waals surface area (Å²) >= 11 is 13.0. The summed E-state index contributed by atoms with van der Waals surface area (Å²) in [5.74, 6) is 0.322. The average Bonchev–Trinajstić information content (AvgIpc) is 3.17. The van der Waals surface area contributed by atoms with Crippen LogP contribution in [0.4, 0.5) is 4.79 Å². The molecule has 1 fully saturated rings. The van der Waals surface area contributed by atoms with Crippen molar-refractivity contribution in [1.82, 2.24) is 9.88 Å². The zero-order chi connectivity index (χ0) is 19.8. The first-order valence-electron chi connectivity index (χ1n) is 8.30. The van der Waals surface area contributed by atoms with Crippen LogP contribution in [0.2, 0.25) is 10.0 Å². The fraction of sp³-hybridized carbons (Fsp3) is 0.100. The normalized spacial score (nSPS) is 15.5. The number of rotatable bonds is 4. The van der Waals surface area contributed by atoms with Crippen molar-refractivity contribution in [3.63, 3.8) is 0 Å². The van der Waals surface area contributed by atoms with Gasteiger partial charge in [0.1, 0.15) is 5.75 Å². The van der Waals surface area contributed by atoms with E-state index in [1.165, 1.54) is 0 Å². The fourth-order valence-corrected chi connectivity index (χ4v) is 4.07. The van der Waals surface area contributed by atoms with Gasteiger partial charge in [0, 0.05) is 29.2 Å². The van der Waals surface area contributed by atoms with E-state index in [2.05, 4.69) is 9.88 Å². The Morgan fingerprint density at radius 3 is 2.64 bits per heavy atom. The number of carbonyl (C=O) groups is 2. The summed E-state index contributed by atoms with van der Waals surface area (Å²) in [5.41, 5.74) is 2.78. The molecule has 0 radical (unpaired) electrons. The first-order valence-corrected chi connectivity index (χ1v) is 9.87. The molecule has 0 unspecified atom stereocenters. The molecule has 1 aliphatic rings. The maximum Gasteiger partial charge on any atom is 0.290 e. The number of aromatic nitrogens is 1. The van der Waals surface area contributed by atoms with E-state index in [1.54, 1.807) is 19.3 Å². The molecule has 0 atom stereocenters. The Balaban J connectivity index is 1.81. The molecule has 8 heteroatoms. The highest BCUT2D eigenvalue weighted by Crippen LogP contribution is 2.32. The van der Waals surface area contributed by atoms with Gasteiger partial charge in [-0.15, -0.1) is 0 Å². The van der Waals surface area contributed by atoms with Crippen molar-refractivity contribution in [2.24, 2.45) is 0 Å². The lowest BCUT2D eigenvalue weighted by atomic mass is 10.1. The summed E-state index contributed by atoms with van der Waals surface area (Å²) in [5, 5.41) is 3.83. The maximum absolute atomic E-state index is 11.9. The van der Waals surface area contributed by atoms with E-state index in [9.17, 15) is 9.59 Å². The molecular formula is C20H14Cl2N2O3S. The van der Waals surface area contributed by atoms with E-state index in [1.807, 2.05) is 36.5 Å². The number of methoxy groups -OCH3 is 1. The number of benzene rings is 2. The van der Waals surface area contributed by atoms with Crippen LogP contribution in [-0.2, 0) is 11.3 Å². The zero-order valence-electron chi connectivity index (χ0n) is 14.7. The molecule has 142 valence electrons. The van der Waals surface area contributed by atoms with Gasteiger partial charge in [-0.25, -0.2) is 0 Å². The molecule has 1 aromatic heterocycles. The average molecular weight is 433 g/mol. The largest absolute Gasteiger partial charge is 0.497 e. The van der Waals surface area contributed by atoms with Crippen molar-refractivity contribution in [1.29, 1.82) is 0 Å². The quantitative estimate of drug-likeness (QED) is 0.565. The van der Waals surface area contributed by atoms with Crippen molar-refractivity contribution < 1.29 is 14.3 Å². The number of fused-ring (bicyclic) bond motifs is 1. The van der Waals surface area contributed by atoms with Gasteiger partial charge in [0.2, 0.25) is 0 Å². The smallest absolute Gasteiger partial charge is 0.290 e. The maximum atomic E-state index is 11.9. The minimum absolute atomic E-state index is 0.362. The Morgan fingerprint density at radius 2 is 1.96 bits per heavy atom. The second-order valence-electron chi connectivity index (χ2n) is 6.20. The van der Waals surface area contributed by atoms with Crippen LogP contribution in [0.3, 0.4) is 0 Å². The van der Waals surface area contributed by atoms with Gasteiger partial charge in [-0.05, 0) is 53.7 Å². The van der Waals surface area contributed by atoms with E-state index in [-0.39, 0.29) is 11.1 Å². The minimum Gasteiger partial charge on any atom is -0.497 e. The summed E-state index contributed by atoms with van der Waals surface area (Å²) in [6, 6.07) is 11.3. The van der Waals surface area contributed by atoms with Gasteiger partial charge in [0.15, 0.2) is 0 Å². The SMILES string of the molecule is COc1ccc2c(c1)c(C=C1SC(=O)NC1=O)cn2Cc1ccc(Cl)c(Cl)c1. The van der Waals surface area contributed by atoms with Gasteiger partial charge >= 0.3 is 0 Å². The molecule has 2 aromatic carbocycles. The molecule has 1 aliphatic heterocycles. The molecule has 28 heavy (non-hydrogen) atoms. The Morgan fingerprint density at radius 1 is 1.14 bits per heavy atom.